The van der Waals surface area contributed by atoms with E-state index in [0.717, 1.165) is 5.56 Å². The van der Waals surface area contributed by atoms with Crippen LogP contribution in [0.2, 0.25) is 0 Å². The van der Waals surface area contributed by atoms with Crippen molar-refractivity contribution in [1.82, 2.24) is 9.55 Å². The van der Waals surface area contributed by atoms with Crippen LogP contribution in [-0.4, -0.2) is 15.3 Å². The summed E-state index contributed by atoms with van der Waals surface area (Å²) in [5, 5.41) is 0.484. The molecule has 3 aromatic rings. The Labute approximate surface area is 143 Å². The quantitative estimate of drug-likeness (QED) is 0.668. The number of nitrogens with zero attached hydrogens (tertiary/aromatic N) is 2. The van der Waals surface area contributed by atoms with Crippen LogP contribution >= 0.6 is 11.3 Å². The van der Waals surface area contributed by atoms with Gasteiger partial charge < -0.3 is 4.74 Å². The number of ether oxygens (including phenoxy) is 1. The van der Waals surface area contributed by atoms with Crippen LogP contribution in [0.3, 0.4) is 0 Å². The minimum absolute atomic E-state index is 0.0490. The maximum Gasteiger partial charge on any atom is 0.260 e. The van der Waals surface area contributed by atoms with Crippen LogP contribution in [0.5, 0.6) is 5.75 Å². The Balaban J connectivity index is 1.81. The zero-order valence-corrected chi connectivity index (χ0v) is 14.2. The van der Waals surface area contributed by atoms with Gasteiger partial charge in [-0.1, -0.05) is 41.7 Å². The van der Waals surface area contributed by atoms with Crippen molar-refractivity contribution in [1.29, 1.82) is 0 Å². The third-order valence-corrected chi connectivity index (χ3v) is 4.71. The minimum atomic E-state index is -0.246. The van der Waals surface area contributed by atoms with Gasteiger partial charge in [0.25, 0.3) is 5.56 Å². The van der Waals surface area contributed by atoms with Crippen molar-refractivity contribution in [3.8, 4) is 10.9 Å². The fourth-order valence-corrected chi connectivity index (χ4v) is 3.21. The molecule has 0 atom stereocenters. The number of pyridine rings is 1. The van der Waals surface area contributed by atoms with E-state index in [4.69, 9.17) is 4.74 Å². The third kappa shape index (κ3) is 3.44. The second-order valence-corrected chi connectivity index (χ2v) is 6.29. The molecule has 24 heavy (non-hydrogen) atoms. The van der Waals surface area contributed by atoms with Crippen LogP contribution in [0.4, 0.5) is 0 Å². The molecule has 0 spiro atoms. The van der Waals surface area contributed by atoms with Crippen LogP contribution in [-0.2, 0) is 6.61 Å². The number of hydrogen-bond acceptors (Lipinski definition) is 5. The number of rotatable bonds is 5. The molecule has 122 valence electrons. The van der Waals surface area contributed by atoms with Crippen molar-refractivity contribution in [2.75, 3.05) is 0 Å². The first kappa shape index (κ1) is 16.1. The monoisotopic (exact) mass is 340 g/mol. The molecule has 3 rings (SSSR count). The van der Waals surface area contributed by atoms with Gasteiger partial charge >= 0.3 is 0 Å². The van der Waals surface area contributed by atoms with Crippen LogP contribution in [0, 0.1) is 6.92 Å². The van der Waals surface area contributed by atoms with Gasteiger partial charge in [0.1, 0.15) is 12.4 Å². The number of benzene rings is 1. The third-order valence-electron chi connectivity index (χ3n) is 3.45. The van der Waals surface area contributed by atoms with Crippen LogP contribution in [0.1, 0.15) is 27.9 Å². The van der Waals surface area contributed by atoms with E-state index in [0.29, 0.717) is 28.1 Å². The van der Waals surface area contributed by atoms with Crippen LogP contribution in [0.15, 0.2) is 53.5 Å². The molecule has 5 nitrogen and oxygen atoms in total. The topological polar surface area (TPSA) is 61.2 Å². The fraction of sp³-hybridized carbons (Fsp3) is 0.167. The predicted molar refractivity (Wildman–Crippen MR) is 93.2 cm³/mol. The molecule has 0 bridgehead atoms. The zero-order chi connectivity index (χ0) is 17.1. The Morgan fingerprint density at radius 1 is 1.25 bits per heavy atom. The van der Waals surface area contributed by atoms with Gasteiger partial charge in [0.2, 0.25) is 0 Å². The maximum absolute atomic E-state index is 12.3. The first-order valence-corrected chi connectivity index (χ1v) is 8.24. The van der Waals surface area contributed by atoms with E-state index >= 15 is 0 Å². The summed E-state index contributed by atoms with van der Waals surface area (Å²) in [4.78, 5) is 28.7. The van der Waals surface area contributed by atoms with Gasteiger partial charge in [-0.3, -0.25) is 14.2 Å². The molecule has 0 amide bonds. The summed E-state index contributed by atoms with van der Waals surface area (Å²) in [5.41, 5.74) is 1.42. The first-order valence-electron chi connectivity index (χ1n) is 7.43. The average Bonchev–Trinajstić information content (AvgIpc) is 2.96. The predicted octanol–water partition coefficient (Wildman–Crippen LogP) is 3.38. The molecule has 0 unspecified atom stereocenters. The highest BCUT2D eigenvalue weighted by Crippen LogP contribution is 2.21. The second-order valence-electron chi connectivity index (χ2n) is 5.31. The summed E-state index contributed by atoms with van der Waals surface area (Å²) < 4.78 is 7.06. The molecule has 2 heterocycles. The summed E-state index contributed by atoms with van der Waals surface area (Å²) >= 11 is 1.21. The summed E-state index contributed by atoms with van der Waals surface area (Å²) in [5.74, 6) is 0.451. The number of thiazole rings is 1. The number of carbonyl (C=O) groups is 1. The summed E-state index contributed by atoms with van der Waals surface area (Å²) in [6.07, 6.45) is 1.62. The summed E-state index contributed by atoms with van der Waals surface area (Å²) in [7, 11) is 0. The van der Waals surface area contributed by atoms with Crippen molar-refractivity contribution in [3.63, 3.8) is 0 Å². The van der Waals surface area contributed by atoms with Crippen molar-refractivity contribution < 1.29 is 9.53 Å². The summed E-state index contributed by atoms with van der Waals surface area (Å²) in [6.45, 7) is 3.65. The van der Waals surface area contributed by atoms with Gasteiger partial charge in [-0.15, -0.1) is 0 Å². The van der Waals surface area contributed by atoms with E-state index in [1.54, 1.807) is 19.2 Å². The van der Waals surface area contributed by atoms with Crippen molar-refractivity contribution in [2.45, 2.75) is 20.5 Å². The highest BCUT2D eigenvalue weighted by molar-refractivity contribution is 7.16. The van der Waals surface area contributed by atoms with Gasteiger partial charge in [0.15, 0.2) is 10.9 Å². The van der Waals surface area contributed by atoms with Gasteiger partial charge in [-0.25, -0.2) is 4.98 Å². The number of carbonyl (C=O) groups excluding carboxylic acids is 1. The Kier molecular flexibility index (Phi) is 4.57. The Morgan fingerprint density at radius 2 is 2.00 bits per heavy atom. The van der Waals surface area contributed by atoms with Crippen molar-refractivity contribution >= 4 is 17.1 Å². The van der Waals surface area contributed by atoms with Crippen molar-refractivity contribution in [2.24, 2.45) is 0 Å². The standard InChI is InChI=1S/C18H16N2O3S/c1-12-17(13(2)21)24-18(19-12)20-9-8-15(10-16(20)22)23-11-14-6-4-3-5-7-14/h3-10H,11H2,1-2H3. The maximum atomic E-state index is 12.3. The van der Waals surface area contributed by atoms with E-state index in [9.17, 15) is 9.59 Å². The lowest BCUT2D eigenvalue weighted by atomic mass is 10.2. The Hall–Kier alpha value is -2.73. The molecule has 2 aromatic heterocycles. The molecule has 0 aliphatic rings. The van der Waals surface area contributed by atoms with Crippen molar-refractivity contribution in [3.05, 3.63) is 75.1 Å². The molecule has 0 aliphatic carbocycles. The fourth-order valence-electron chi connectivity index (χ4n) is 2.26. The van der Waals surface area contributed by atoms with Gasteiger partial charge in [0, 0.05) is 19.2 Å². The normalized spacial score (nSPS) is 10.6. The largest absolute Gasteiger partial charge is 0.489 e. The molecule has 0 saturated carbocycles. The lowest BCUT2D eigenvalue weighted by Gasteiger charge is -2.07. The highest BCUT2D eigenvalue weighted by atomic mass is 32.1. The van der Waals surface area contributed by atoms with Gasteiger partial charge in [-0.05, 0) is 18.6 Å². The molecule has 0 aliphatic heterocycles. The SMILES string of the molecule is CC(=O)c1sc(-n2ccc(OCc3ccccc3)cc2=O)nc1C. The molecule has 0 fully saturated rings. The number of aryl methyl sites for hydroxylation is 1. The van der Waals surface area contributed by atoms with E-state index in [2.05, 4.69) is 4.98 Å². The zero-order valence-electron chi connectivity index (χ0n) is 13.4. The Morgan fingerprint density at radius 3 is 2.62 bits per heavy atom. The molecular weight excluding hydrogens is 324 g/mol. The number of Topliss-reactive ketones (excluding diaryl/α,β-unsaturated/α-hetero) is 1. The number of hydrogen-bond donors (Lipinski definition) is 0. The lowest BCUT2D eigenvalue weighted by molar-refractivity contribution is 0.102. The van der Waals surface area contributed by atoms with E-state index < -0.39 is 0 Å². The second kappa shape index (κ2) is 6.80. The number of ketones is 1. The van der Waals surface area contributed by atoms with Gasteiger partial charge in [-0.2, -0.15) is 0 Å². The highest BCUT2D eigenvalue weighted by Gasteiger charge is 2.13. The minimum Gasteiger partial charge on any atom is -0.489 e. The average molecular weight is 340 g/mol. The van der Waals surface area contributed by atoms with Gasteiger partial charge in [0.05, 0.1) is 10.6 Å². The molecule has 0 radical (unpaired) electrons. The van der Waals surface area contributed by atoms with E-state index in [-0.39, 0.29) is 11.3 Å². The van der Waals surface area contributed by atoms with E-state index in [1.165, 1.54) is 28.9 Å². The molecule has 0 N–H and O–H groups in total. The Bertz CT molecular complexity index is 929. The first-order chi connectivity index (χ1) is 11.5. The molecular formula is C18H16N2O3S. The molecule has 0 saturated heterocycles. The summed E-state index contributed by atoms with van der Waals surface area (Å²) in [6, 6.07) is 12.9. The lowest BCUT2D eigenvalue weighted by Crippen LogP contribution is -2.16. The van der Waals surface area contributed by atoms with Crippen LogP contribution < -0.4 is 10.3 Å². The molecule has 6 heteroatoms. The smallest absolute Gasteiger partial charge is 0.260 e. The van der Waals surface area contributed by atoms with E-state index in [1.807, 2.05) is 30.3 Å². The molecule has 1 aromatic carbocycles. The number of aromatic nitrogens is 2. The van der Waals surface area contributed by atoms with Crippen LogP contribution in [0.25, 0.3) is 5.13 Å².